The first-order valence-corrected chi connectivity index (χ1v) is 6.36. The molecule has 2 aromatic heterocycles. The zero-order chi connectivity index (χ0) is 15.5. The molecule has 0 aliphatic carbocycles. The van der Waals surface area contributed by atoms with E-state index in [9.17, 15) is 18.0 Å². The Labute approximate surface area is 120 Å². The molecule has 0 radical (unpaired) electrons. The molecule has 0 saturated heterocycles. The van der Waals surface area contributed by atoms with Crippen molar-refractivity contribution in [2.75, 3.05) is 0 Å². The Bertz CT molecular complexity index is 1090. The van der Waals surface area contributed by atoms with Crippen molar-refractivity contribution in [1.29, 1.82) is 0 Å². The van der Waals surface area contributed by atoms with Crippen molar-refractivity contribution in [3.05, 3.63) is 52.5 Å². The first-order chi connectivity index (χ1) is 10.5. The lowest BCUT2D eigenvalue weighted by atomic mass is 10.1. The van der Waals surface area contributed by atoms with E-state index in [1.807, 2.05) is 17.2 Å². The lowest BCUT2D eigenvalue weighted by Gasteiger charge is -2.04. The van der Waals surface area contributed by atoms with Crippen molar-refractivity contribution in [3.8, 4) is 0 Å². The van der Waals surface area contributed by atoms with Crippen molar-refractivity contribution in [1.82, 2.24) is 10.2 Å². The molecule has 0 aliphatic rings. The Morgan fingerprint density at radius 2 is 1.82 bits per heavy atom. The highest BCUT2D eigenvalue weighted by atomic mass is 19.4. The summed E-state index contributed by atoms with van der Waals surface area (Å²) in [4.78, 5) is 12.0. The van der Waals surface area contributed by atoms with Gasteiger partial charge in [0.25, 0.3) is 0 Å². The first-order valence-electron chi connectivity index (χ1n) is 6.36. The third-order valence-corrected chi connectivity index (χ3v) is 3.58. The summed E-state index contributed by atoms with van der Waals surface area (Å²) in [6.45, 7) is 0. The Hall–Kier alpha value is -2.83. The maximum absolute atomic E-state index is 12.9. The van der Waals surface area contributed by atoms with Gasteiger partial charge in [-0.3, -0.25) is 5.10 Å². The van der Waals surface area contributed by atoms with Crippen LogP contribution in [0, 0.1) is 0 Å². The molecule has 0 saturated carbocycles. The van der Waals surface area contributed by atoms with Crippen molar-refractivity contribution in [3.63, 3.8) is 0 Å². The molecule has 0 fully saturated rings. The molecule has 0 spiro atoms. The molecule has 2 aromatic carbocycles. The van der Waals surface area contributed by atoms with Gasteiger partial charge in [-0.25, -0.2) is 4.79 Å². The second kappa shape index (κ2) is 4.09. The van der Waals surface area contributed by atoms with E-state index in [-0.39, 0.29) is 11.1 Å². The standard InChI is InChI=1S/C15H7F3N2O2/c16-15(17,18)13-10-11(19-20-13)9-6-5-7-3-1-2-4-8(7)12(9)22-14(10)21/h1-6H,(H,19,20). The van der Waals surface area contributed by atoms with Crippen LogP contribution in [0.4, 0.5) is 13.2 Å². The van der Waals surface area contributed by atoms with E-state index in [0.29, 0.717) is 10.8 Å². The zero-order valence-corrected chi connectivity index (χ0v) is 10.9. The summed E-state index contributed by atoms with van der Waals surface area (Å²) < 4.78 is 44.0. The van der Waals surface area contributed by atoms with Crippen LogP contribution in [0.2, 0.25) is 0 Å². The maximum atomic E-state index is 12.9. The largest absolute Gasteiger partial charge is 0.433 e. The molecule has 22 heavy (non-hydrogen) atoms. The van der Waals surface area contributed by atoms with Crippen LogP contribution in [0.15, 0.2) is 45.6 Å². The van der Waals surface area contributed by atoms with Gasteiger partial charge >= 0.3 is 11.8 Å². The third-order valence-electron chi connectivity index (χ3n) is 3.58. The van der Waals surface area contributed by atoms with Crippen LogP contribution in [0.25, 0.3) is 32.6 Å². The molecule has 0 atom stereocenters. The number of aromatic nitrogens is 2. The number of H-pyrrole nitrogens is 1. The van der Waals surface area contributed by atoms with Crippen LogP contribution in [0.5, 0.6) is 0 Å². The Kier molecular flexibility index (Phi) is 2.40. The van der Waals surface area contributed by atoms with E-state index < -0.39 is 22.9 Å². The van der Waals surface area contributed by atoms with Gasteiger partial charge in [0.2, 0.25) is 0 Å². The van der Waals surface area contributed by atoms with Crippen LogP contribution in [-0.4, -0.2) is 10.2 Å². The number of fused-ring (bicyclic) bond motifs is 5. The number of benzene rings is 2. The van der Waals surface area contributed by atoms with Crippen molar-refractivity contribution in [2.24, 2.45) is 0 Å². The number of hydrogen-bond acceptors (Lipinski definition) is 3. The van der Waals surface area contributed by atoms with Gasteiger partial charge in [0.1, 0.15) is 16.5 Å². The van der Waals surface area contributed by atoms with E-state index >= 15 is 0 Å². The van der Waals surface area contributed by atoms with Gasteiger partial charge in [-0.15, -0.1) is 0 Å². The Morgan fingerprint density at radius 1 is 1.05 bits per heavy atom. The lowest BCUT2D eigenvalue weighted by Crippen LogP contribution is -2.10. The van der Waals surface area contributed by atoms with Crippen molar-refractivity contribution in [2.45, 2.75) is 6.18 Å². The molecule has 1 N–H and O–H groups in total. The van der Waals surface area contributed by atoms with Gasteiger partial charge in [-0.05, 0) is 11.5 Å². The number of hydrogen-bond donors (Lipinski definition) is 1. The summed E-state index contributed by atoms with van der Waals surface area (Å²) in [5, 5.41) is 6.83. The van der Waals surface area contributed by atoms with Crippen LogP contribution >= 0.6 is 0 Å². The van der Waals surface area contributed by atoms with Crippen molar-refractivity contribution >= 4 is 32.6 Å². The molecule has 4 rings (SSSR count). The minimum Gasteiger partial charge on any atom is -0.421 e. The quantitative estimate of drug-likeness (QED) is 0.396. The highest BCUT2D eigenvalue weighted by Gasteiger charge is 2.37. The molecular formula is C15H7F3N2O2. The minimum atomic E-state index is -4.70. The number of aromatic amines is 1. The van der Waals surface area contributed by atoms with E-state index in [1.165, 1.54) is 0 Å². The van der Waals surface area contributed by atoms with Gasteiger partial charge in [0.15, 0.2) is 5.69 Å². The van der Waals surface area contributed by atoms with Gasteiger partial charge < -0.3 is 4.42 Å². The van der Waals surface area contributed by atoms with Crippen LogP contribution in [0.1, 0.15) is 5.69 Å². The van der Waals surface area contributed by atoms with Crippen molar-refractivity contribution < 1.29 is 17.6 Å². The second-order valence-corrected chi connectivity index (χ2v) is 4.87. The summed E-state index contributed by atoms with van der Waals surface area (Å²) in [5.41, 5.74) is -2.05. The van der Waals surface area contributed by atoms with E-state index in [2.05, 4.69) is 5.10 Å². The predicted octanol–water partition coefficient (Wildman–Crippen LogP) is 3.84. The summed E-state index contributed by atoms with van der Waals surface area (Å²) in [6.07, 6.45) is -4.70. The second-order valence-electron chi connectivity index (χ2n) is 4.87. The fourth-order valence-electron chi connectivity index (χ4n) is 2.62. The third kappa shape index (κ3) is 1.65. The maximum Gasteiger partial charge on any atom is 0.433 e. The van der Waals surface area contributed by atoms with Gasteiger partial charge in [0.05, 0.1) is 0 Å². The fourth-order valence-corrected chi connectivity index (χ4v) is 2.62. The smallest absolute Gasteiger partial charge is 0.421 e. The summed E-state index contributed by atoms with van der Waals surface area (Å²) in [7, 11) is 0. The van der Waals surface area contributed by atoms with Gasteiger partial charge in [-0.1, -0.05) is 30.3 Å². The Morgan fingerprint density at radius 3 is 2.59 bits per heavy atom. The van der Waals surface area contributed by atoms with E-state index in [1.54, 1.807) is 24.3 Å². The predicted molar refractivity (Wildman–Crippen MR) is 74.6 cm³/mol. The topological polar surface area (TPSA) is 58.9 Å². The molecule has 0 unspecified atom stereocenters. The highest BCUT2D eigenvalue weighted by Crippen LogP contribution is 2.35. The zero-order valence-electron chi connectivity index (χ0n) is 10.9. The molecule has 7 heteroatoms. The number of nitrogens with zero attached hydrogens (tertiary/aromatic N) is 1. The lowest BCUT2D eigenvalue weighted by molar-refractivity contribution is -0.140. The van der Waals surface area contributed by atoms with Crippen LogP contribution in [-0.2, 0) is 6.18 Å². The fraction of sp³-hybridized carbons (Fsp3) is 0.0667. The Balaban J connectivity index is 2.25. The van der Waals surface area contributed by atoms with Gasteiger partial charge in [0, 0.05) is 10.8 Å². The van der Waals surface area contributed by atoms with E-state index in [0.717, 1.165) is 5.39 Å². The number of rotatable bonds is 0. The summed E-state index contributed by atoms with van der Waals surface area (Å²) in [6, 6.07) is 10.5. The SMILES string of the molecule is O=c1oc2c3ccccc3ccc2c2n[nH]c(C(F)(F)F)c12. The highest BCUT2D eigenvalue weighted by molar-refractivity contribution is 6.12. The summed E-state index contributed by atoms with van der Waals surface area (Å²) in [5.74, 6) is 0. The normalized spacial score (nSPS) is 12.5. The van der Waals surface area contributed by atoms with Gasteiger partial charge in [-0.2, -0.15) is 18.3 Å². The average molecular weight is 304 g/mol. The molecular weight excluding hydrogens is 297 g/mol. The molecule has 110 valence electrons. The number of alkyl halides is 3. The monoisotopic (exact) mass is 304 g/mol. The average Bonchev–Trinajstić information content (AvgIpc) is 2.93. The van der Waals surface area contributed by atoms with E-state index in [4.69, 9.17) is 4.42 Å². The molecule has 4 nitrogen and oxygen atoms in total. The number of halogens is 3. The summed E-state index contributed by atoms with van der Waals surface area (Å²) >= 11 is 0. The minimum absolute atomic E-state index is 0.0377. The molecule has 4 aromatic rings. The van der Waals surface area contributed by atoms with Crippen LogP contribution < -0.4 is 5.63 Å². The van der Waals surface area contributed by atoms with Crippen LogP contribution in [0.3, 0.4) is 0 Å². The molecule has 2 heterocycles. The molecule has 0 bridgehead atoms. The molecule has 0 aliphatic heterocycles. The molecule has 0 amide bonds. The number of nitrogens with one attached hydrogen (secondary N) is 1. The first kappa shape index (κ1) is 12.9.